The number of anilines is 1. The normalized spacial score (nSPS) is 12.1. The highest BCUT2D eigenvalue weighted by molar-refractivity contribution is 6.01. The number of halogens is 3. The summed E-state index contributed by atoms with van der Waals surface area (Å²) in [6.45, 7) is 2.10. The van der Waals surface area contributed by atoms with Gasteiger partial charge in [0.05, 0.1) is 7.11 Å². The summed E-state index contributed by atoms with van der Waals surface area (Å²) >= 11 is 0. The first-order chi connectivity index (χ1) is 15.0. The molecule has 2 rings (SSSR count). The number of hydrogen-bond donors (Lipinski definition) is 3. The first-order valence-electron chi connectivity index (χ1n) is 9.71. The molecule has 32 heavy (non-hydrogen) atoms. The van der Waals surface area contributed by atoms with Crippen molar-refractivity contribution in [1.82, 2.24) is 10.6 Å². The summed E-state index contributed by atoms with van der Waals surface area (Å²) in [6.07, 6.45) is -4.51. The minimum absolute atomic E-state index is 0.0143. The molecule has 0 aromatic heterocycles. The summed E-state index contributed by atoms with van der Waals surface area (Å²) in [7, 11) is 1.51. The van der Waals surface area contributed by atoms with Gasteiger partial charge in [0.15, 0.2) is 0 Å². The van der Waals surface area contributed by atoms with Crippen LogP contribution in [0.2, 0.25) is 0 Å². The van der Waals surface area contributed by atoms with Crippen molar-refractivity contribution in [3.05, 3.63) is 59.7 Å². The Hall–Kier alpha value is -3.56. The molecular formula is C22H24F3N3O4. The molecule has 0 saturated carbocycles. The van der Waals surface area contributed by atoms with Crippen LogP contribution >= 0.6 is 0 Å². The number of benzene rings is 2. The molecule has 0 aliphatic carbocycles. The zero-order chi connectivity index (χ0) is 23.9. The van der Waals surface area contributed by atoms with E-state index in [0.717, 1.165) is 0 Å². The van der Waals surface area contributed by atoms with Gasteiger partial charge in [-0.1, -0.05) is 13.8 Å². The highest BCUT2D eigenvalue weighted by Crippen LogP contribution is 2.15. The average Bonchev–Trinajstić information content (AvgIpc) is 2.75. The quantitative estimate of drug-likeness (QED) is 0.573. The number of hydrogen-bond acceptors (Lipinski definition) is 4. The minimum Gasteiger partial charge on any atom is -0.497 e. The van der Waals surface area contributed by atoms with Gasteiger partial charge in [0.1, 0.15) is 18.3 Å². The van der Waals surface area contributed by atoms with Gasteiger partial charge in [0.2, 0.25) is 5.91 Å². The molecule has 3 amide bonds. The molecule has 0 aliphatic rings. The molecule has 172 valence electrons. The maximum Gasteiger partial charge on any atom is 0.405 e. The van der Waals surface area contributed by atoms with Crippen molar-refractivity contribution in [3.8, 4) is 5.75 Å². The van der Waals surface area contributed by atoms with Crippen molar-refractivity contribution >= 4 is 23.4 Å². The number of nitrogens with one attached hydrogen (secondary N) is 3. The highest BCUT2D eigenvalue weighted by atomic mass is 19.4. The van der Waals surface area contributed by atoms with Crippen LogP contribution in [0.1, 0.15) is 34.6 Å². The van der Waals surface area contributed by atoms with Crippen LogP contribution < -0.4 is 20.7 Å². The second-order valence-electron chi connectivity index (χ2n) is 7.29. The fourth-order valence-corrected chi connectivity index (χ4v) is 2.71. The molecule has 2 aromatic rings. The standard InChI is InChI=1S/C22H24F3N3O4/c1-13(2)18(28-20(30)15-6-10-17(32-3)11-7-15)21(31)27-16-8-4-14(5-9-16)19(29)26-12-22(23,24)25/h4-11,13,18H,12H2,1-3H3,(H,26,29)(H,27,31)(H,28,30). The number of rotatable bonds is 8. The zero-order valence-electron chi connectivity index (χ0n) is 17.7. The fourth-order valence-electron chi connectivity index (χ4n) is 2.71. The van der Waals surface area contributed by atoms with Crippen molar-refractivity contribution < 1.29 is 32.3 Å². The summed E-state index contributed by atoms with van der Waals surface area (Å²) in [5.74, 6) is -1.43. The molecule has 7 nitrogen and oxygen atoms in total. The van der Waals surface area contributed by atoms with Crippen LogP contribution in [0.3, 0.4) is 0 Å². The Morgan fingerprint density at radius 3 is 1.94 bits per heavy atom. The van der Waals surface area contributed by atoms with Gasteiger partial charge in [0.25, 0.3) is 11.8 Å². The second kappa shape index (κ2) is 10.7. The van der Waals surface area contributed by atoms with Gasteiger partial charge in [-0.05, 0) is 54.4 Å². The molecule has 3 N–H and O–H groups in total. The number of methoxy groups -OCH3 is 1. The Labute approximate surface area is 183 Å². The smallest absolute Gasteiger partial charge is 0.405 e. The molecule has 0 spiro atoms. The molecule has 10 heteroatoms. The van der Waals surface area contributed by atoms with Crippen LogP contribution in [0.5, 0.6) is 5.75 Å². The van der Waals surface area contributed by atoms with Gasteiger partial charge >= 0.3 is 6.18 Å². The van der Waals surface area contributed by atoms with Gasteiger partial charge in [0, 0.05) is 16.8 Å². The van der Waals surface area contributed by atoms with Crippen molar-refractivity contribution in [3.63, 3.8) is 0 Å². The van der Waals surface area contributed by atoms with Crippen LogP contribution in [-0.4, -0.2) is 43.6 Å². The number of alkyl halides is 3. The van der Waals surface area contributed by atoms with E-state index >= 15 is 0 Å². The minimum atomic E-state index is -4.51. The first-order valence-corrected chi connectivity index (χ1v) is 9.71. The topological polar surface area (TPSA) is 96.5 Å². The fraction of sp³-hybridized carbons (Fsp3) is 0.318. The van der Waals surface area contributed by atoms with Crippen molar-refractivity contribution in [2.45, 2.75) is 26.1 Å². The molecule has 2 aromatic carbocycles. The Kier molecular flexibility index (Phi) is 8.22. The predicted octanol–water partition coefficient (Wildman–Crippen LogP) is 3.38. The van der Waals surface area contributed by atoms with Crippen molar-refractivity contribution in [2.75, 3.05) is 19.0 Å². The number of amides is 3. The SMILES string of the molecule is COc1ccc(C(=O)NC(C(=O)Nc2ccc(C(=O)NCC(F)(F)F)cc2)C(C)C)cc1. The lowest BCUT2D eigenvalue weighted by Gasteiger charge is -2.22. The zero-order valence-corrected chi connectivity index (χ0v) is 17.7. The molecule has 0 radical (unpaired) electrons. The monoisotopic (exact) mass is 451 g/mol. The maximum atomic E-state index is 12.7. The van der Waals surface area contributed by atoms with Crippen LogP contribution in [0.25, 0.3) is 0 Å². The molecular weight excluding hydrogens is 427 g/mol. The first kappa shape index (κ1) is 24.7. The van der Waals surface area contributed by atoms with Gasteiger partial charge in [-0.3, -0.25) is 14.4 Å². The third kappa shape index (κ3) is 7.29. The Balaban J connectivity index is 2.01. The molecule has 0 heterocycles. The summed E-state index contributed by atoms with van der Waals surface area (Å²) in [4.78, 5) is 37.0. The van der Waals surface area contributed by atoms with Crippen LogP contribution in [0, 0.1) is 5.92 Å². The van der Waals surface area contributed by atoms with Gasteiger partial charge < -0.3 is 20.7 Å². The lowest BCUT2D eigenvalue weighted by atomic mass is 10.0. The third-order valence-corrected chi connectivity index (χ3v) is 4.45. The van der Waals surface area contributed by atoms with E-state index in [1.54, 1.807) is 43.4 Å². The van der Waals surface area contributed by atoms with Crippen LogP contribution in [0.15, 0.2) is 48.5 Å². The van der Waals surface area contributed by atoms with Gasteiger partial charge in [-0.2, -0.15) is 13.2 Å². The molecule has 1 unspecified atom stereocenters. The van der Waals surface area contributed by atoms with Crippen LogP contribution in [-0.2, 0) is 4.79 Å². The second-order valence-corrected chi connectivity index (χ2v) is 7.29. The number of ether oxygens (including phenoxy) is 1. The summed E-state index contributed by atoms with van der Waals surface area (Å²) in [5.41, 5.74) is 0.700. The third-order valence-electron chi connectivity index (χ3n) is 4.45. The Morgan fingerprint density at radius 1 is 0.906 bits per heavy atom. The Bertz CT molecular complexity index is 942. The van der Waals surface area contributed by atoms with Gasteiger partial charge in [-0.25, -0.2) is 0 Å². The largest absolute Gasteiger partial charge is 0.497 e. The van der Waals surface area contributed by atoms with Crippen molar-refractivity contribution in [1.29, 1.82) is 0 Å². The summed E-state index contributed by atoms with van der Waals surface area (Å²) in [5, 5.41) is 7.09. The Morgan fingerprint density at radius 2 is 1.44 bits per heavy atom. The van der Waals surface area contributed by atoms with E-state index in [-0.39, 0.29) is 11.5 Å². The van der Waals surface area contributed by atoms with E-state index in [1.165, 1.54) is 31.4 Å². The lowest BCUT2D eigenvalue weighted by molar-refractivity contribution is -0.123. The van der Waals surface area contributed by atoms with E-state index in [1.807, 2.05) is 0 Å². The molecule has 1 atom stereocenters. The van der Waals surface area contributed by atoms with Gasteiger partial charge in [-0.15, -0.1) is 0 Å². The van der Waals surface area contributed by atoms with Crippen molar-refractivity contribution in [2.24, 2.45) is 5.92 Å². The summed E-state index contributed by atoms with van der Waals surface area (Å²) < 4.78 is 41.7. The molecule has 0 aliphatic heterocycles. The van der Waals surface area contributed by atoms with E-state index < -0.39 is 36.5 Å². The highest BCUT2D eigenvalue weighted by Gasteiger charge is 2.28. The number of carbonyl (C=O) groups is 3. The van der Waals surface area contributed by atoms with E-state index in [9.17, 15) is 27.6 Å². The predicted molar refractivity (Wildman–Crippen MR) is 113 cm³/mol. The maximum absolute atomic E-state index is 12.7. The van der Waals surface area contributed by atoms with E-state index in [2.05, 4.69) is 10.6 Å². The molecule has 0 bridgehead atoms. The molecule has 0 fully saturated rings. The lowest BCUT2D eigenvalue weighted by Crippen LogP contribution is -2.47. The van der Waals surface area contributed by atoms with E-state index in [0.29, 0.717) is 17.0 Å². The van der Waals surface area contributed by atoms with E-state index in [4.69, 9.17) is 4.74 Å². The molecule has 0 saturated heterocycles. The average molecular weight is 451 g/mol. The number of carbonyl (C=O) groups excluding carboxylic acids is 3. The van der Waals surface area contributed by atoms with Crippen LogP contribution in [0.4, 0.5) is 18.9 Å². The summed E-state index contributed by atoms with van der Waals surface area (Å²) in [6, 6.07) is 10.9.